The predicted octanol–water partition coefficient (Wildman–Crippen LogP) is 3.72. The number of hydrogen-bond acceptors (Lipinski definition) is 6. The number of thiophene rings is 1. The molecule has 0 aromatic carbocycles. The van der Waals surface area contributed by atoms with Gasteiger partial charge in [-0.2, -0.15) is 5.10 Å². The SMILES string of the molecule is CC(C)Cn1cc(-c2cc(C(=O)N[C@H]3CCN(c4ccc(Cl)nn4)C3)cs2)cn1. The van der Waals surface area contributed by atoms with Gasteiger partial charge >= 0.3 is 0 Å². The predicted molar refractivity (Wildman–Crippen MR) is 116 cm³/mol. The fraction of sp³-hybridized carbons (Fsp3) is 0.400. The van der Waals surface area contributed by atoms with E-state index in [1.54, 1.807) is 17.4 Å². The van der Waals surface area contributed by atoms with Crippen LogP contribution in [0.2, 0.25) is 5.15 Å². The van der Waals surface area contributed by atoms with Crippen LogP contribution < -0.4 is 10.2 Å². The summed E-state index contributed by atoms with van der Waals surface area (Å²) < 4.78 is 1.95. The molecule has 0 bridgehead atoms. The first-order chi connectivity index (χ1) is 14.0. The van der Waals surface area contributed by atoms with Crippen LogP contribution in [0.4, 0.5) is 5.82 Å². The molecule has 1 N–H and O–H groups in total. The van der Waals surface area contributed by atoms with Crippen LogP contribution in [0.25, 0.3) is 10.4 Å². The van der Waals surface area contributed by atoms with Crippen LogP contribution in [-0.2, 0) is 6.54 Å². The molecule has 0 spiro atoms. The number of carbonyl (C=O) groups is 1. The van der Waals surface area contributed by atoms with Crippen molar-refractivity contribution in [2.24, 2.45) is 5.92 Å². The summed E-state index contributed by atoms with van der Waals surface area (Å²) in [5, 5.41) is 17.8. The number of nitrogens with zero attached hydrogens (tertiary/aromatic N) is 5. The highest BCUT2D eigenvalue weighted by molar-refractivity contribution is 7.13. The van der Waals surface area contributed by atoms with Gasteiger partial charge in [0.15, 0.2) is 11.0 Å². The number of nitrogens with one attached hydrogen (secondary N) is 1. The third-order valence-electron chi connectivity index (χ3n) is 4.80. The van der Waals surface area contributed by atoms with E-state index in [9.17, 15) is 4.79 Å². The van der Waals surface area contributed by atoms with Gasteiger partial charge in [0.05, 0.1) is 11.8 Å². The monoisotopic (exact) mass is 430 g/mol. The lowest BCUT2D eigenvalue weighted by Gasteiger charge is -2.17. The molecule has 1 saturated heterocycles. The fourth-order valence-electron chi connectivity index (χ4n) is 3.40. The summed E-state index contributed by atoms with van der Waals surface area (Å²) in [6, 6.07) is 5.60. The molecule has 0 saturated carbocycles. The van der Waals surface area contributed by atoms with Crippen molar-refractivity contribution in [1.29, 1.82) is 0 Å². The molecule has 9 heteroatoms. The fourth-order valence-corrected chi connectivity index (χ4v) is 4.37. The highest BCUT2D eigenvalue weighted by Gasteiger charge is 2.25. The molecular formula is C20H23ClN6OS. The standard InChI is InChI=1S/C20H23ClN6OS/c1-13(2)9-27-10-15(8-22-27)17-7-14(12-29-17)20(28)23-16-5-6-26(11-16)19-4-3-18(21)24-25-19/h3-4,7-8,10,12-13,16H,5-6,9,11H2,1-2H3,(H,23,28)/t16-/m0/s1. The van der Waals surface area contributed by atoms with E-state index in [0.29, 0.717) is 23.2 Å². The van der Waals surface area contributed by atoms with E-state index >= 15 is 0 Å². The van der Waals surface area contributed by atoms with Gasteiger partial charge in [-0.05, 0) is 30.5 Å². The van der Waals surface area contributed by atoms with E-state index in [1.807, 2.05) is 34.6 Å². The van der Waals surface area contributed by atoms with Crippen LogP contribution in [0.15, 0.2) is 36.0 Å². The quantitative estimate of drug-likeness (QED) is 0.645. The minimum atomic E-state index is -0.0453. The average molecular weight is 431 g/mol. The Balaban J connectivity index is 1.36. The zero-order valence-electron chi connectivity index (χ0n) is 16.4. The molecule has 1 aliphatic heterocycles. The number of hydrogen-bond donors (Lipinski definition) is 1. The largest absolute Gasteiger partial charge is 0.353 e. The molecule has 0 aliphatic carbocycles. The van der Waals surface area contributed by atoms with Crippen molar-refractivity contribution in [3.05, 3.63) is 46.7 Å². The lowest BCUT2D eigenvalue weighted by atomic mass is 10.2. The Bertz CT molecular complexity index is 983. The Morgan fingerprint density at radius 3 is 3.00 bits per heavy atom. The van der Waals surface area contributed by atoms with Gasteiger partial charge in [0.1, 0.15) is 0 Å². The first kappa shape index (κ1) is 19.8. The molecule has 0 unspecified atom stereocenters. The van der Waals surface area contributed by atoms with Crippen LogP contribution in [0.5, 0.6) is 0 Å². The second-order valence-corrected chi connectivity index (χ2v) is 8.96. The molecule has 29 heavy (non-hydrogen) atoms. The smallest absolute Gasteiger partial charge is 0.252 e. The van der Waals surface area contributed by atoms with Gasteiger partial charge in [0.2, 0.25) is 0 Å². The highest BCUT2D eigenvalue weighted by atomic mass is 35.5. The first-order valence-electron chi connectivity index (χ1n) is 9.64. The maximum atomic E-state index is 12.7. The van der Waals surface area contributed by atoms with Crippen LogP contribution >= 0.6 is 22.9 Å². The van der Waals surface area contributed by atoms with E-state index in [2.05, 4.69) is 39.4 Å². The van der Waals surface area contributed by atoms with Crippen molar-refractivity contribution in [1.82, 2.24) is 25.3 Å². The van der Waals surface area contributed by atoms with Gasteiger partial charge in [0, 0.05) is 47.7 Å². The number of anilines is 1. The molecule has 3 aromatic rings. The van der Waals surface area contributed by atoms with Crippen LogP contribution in [0.3, 0.4) is 0 Å². The van der Waals surface area contributed by atoms with Gasteiger partial charge in [-0.1, -0.05) is 25.4 Å². The van der Waals surface area contributed by atoms with E-state index in [4.69, 9.17) is 11.6 Å². The van der Waals surface area contributed by atoms with E-state index < -0.39 is 0 Å². The minimum absolute atomic E-state index is 0.0453. The van der Waals surface area contributed by atoms with E-state index in [-0.39, 0.29) is 11.9 Å². The third kappa shape index (κ3) is 4.76. The number of rotatable bonds is 6. The Morgan fingerprint density at radius 1 is 1.38 bits per heavy atom. The molecule has 1 amide bonds. The van der Waals surface area contributed by atoms with Gasteiger partial charge < -0.3 is 10.2 Å². The van der Waals surface area contributed by atoms with E-state index in [0.717, 1.165) is 35.8 Å². The van der Waals surface area contributed by atoms with Crippen molar-refractivity contribution in [3.63, 3.8) is 0 Å². The number of carbonyl (C=O) groups excluding carboxylic acids is 1. The summed E-state index contributed by atoms with van der Waals surface area (Å²) in [6.45, 7) is 6.75. The number of amides is 1. The molecule has 1 atom stereocenters. The van der Waals surface area contributed by atoms with Crippen LogP contribution in [0, 0.1) is 5.92 Å². The molecule has 3 aromatic heterocycles. The maximum absolute atomic E-state index is 12.7. The Hall–Kier alpha value is -2.45. The van der Waals surface area contributed by atoms with Gasteiger partial charge in [-0.25, -0.2) is 0 Å². The second-order valence-electron chi connectivity index (χ2n) is 7.66. The van der Waals surface area contributed by atoms with Gasteiger partial charge in [-0.15, -0.1) is 21.5 Å². The Labute approximate surface area is 178 Å². The highest BCUT2D eigenvalue weighted by Crippen LogP contribution is 2.27. The second kappa shape index (κ2) is 8.51. The molecular weight excluding hydrogens is 408 g/mol. The number of aromatic nitrogens is 4. The van der Waals surface area contributed by atoms with Crippen molar-refractivity contribution in [3.8, 4) is 10.4 Å². The summed E-state index contributed by atoms with van der Waals surface area (Å²) in [4.78, 5) is 15.9. The lowest BCUT2D eigenvalue weighted by Crippen LogP contribution is -2.37. The Kier molecular flexibility index (Phi) is 5.82. The van der Waals surface area contributed by atoms with Crippen molar-refractivity contribution < 1.29 is 4.79 Å². The maximum Gasteiger partial charge on any atom is 0.252 e. The van der Waals surface area contributed by atoms with Gasteiger partial charge in [0.25, 0.3) is 5.91 Å². The summed E-state index contributed by atoms with van der Waals surface area (Å²) in [5.74, 6) is 1.27. The minimum Gasteiger partial charge on any atom is -0.353 e. The lowest BCUT2D eigenvalue weighted by molar-refractivity contribution is 0.0941. The van der Waals surface area contributed by atoms with Crippen molar-refractivity contribution in [2.75, 3.05) is 18.0 Å². The molecule has 1 aliphatic rings. The zero-order valence-corrected chi connectivity index (χ0v) is 18.0. The summed E-state index contributed by atoms with van der Waals surface area (Å²) in [7, 11) is 0. The first-order valence-corrected chi connectivity index (χ1v) is 10.9. The summed E-state index contributed by atoms with van der Waals surface area (Å²) in [5.41, 5.74) is 1.73. The number of halogens is 1. The topological polar surface area (TPSA) is 75.9 Å². The molecule has 4 heterocycles. The van der Waals surface area contributed by atoms with E-state index in [1.165, 1.54) is 0 Å². The average Bonchev–Trinajstić information content (AvgIpc) is 3.42. The molecule has 7 nitrogen and oxygen atoms in total. The summed E-state index contributed by atoms with van der Waals surface area (Å²) in [6.07, 6.45) is 4.77. The van der Waals surface area contributed by atoms with Crippen LogP contribution in [0.1, 0.15) is 30.6 Å². The third-order valence-corrected chi connectivity index (χ3v) is 5.98. The zero-order chi connectivity index (χ0) is 20.4. The molecule has 152 valence electrons. The molecule has 4 rings (SSSR count). The Morgan fingerprint density at radius 2 is 2.24 bits per heavy atom. The van der Waals surface area contributed by atoms with Gasteiger partial charge in [-0.3, -0.25) is 9.48 Å². The molecule has 0 radical (unpaired) electrons. The van der Waals surface area contributed by atoms with Crippen molar-refractivity contribution >= 4 is 34.7 Å². The normalized spacial score (nSPS) is 16.6. The van der Waals surface area contributed by atoms with Crippen molar-refractivity contribution in [2.45, 2.75) is 32.9 Å². The summed E-state index contributed by atoms with van der Waals surface area (Å²) >= 11 is 7.36. The van der Waals surface area contributed by atoms with Crippen LogP contribution in [-0.4, -0.2) is 45.0 Å². The molecule has 1 fully saturated rings.